The number of nitriles is 1. The molecule has 0 radical (unpaired) electrons. The Bertz CT molecular complexity index is 340. The highest BCUT2D eigenvalue weighted by molar-refractivity contribution is 5.18. The number of hydrogen-bond acceptors (Lipinski definition) is 3. The van der Waals surface area contributed by atoms with Crippen molar-refractivity contribution < 1.29 is 0 Å². The molecule has 1 saturated heterocycles. The highest BCUT2D eigenvalue weighted by Gasteiger charge is 2.49. The van der Waals surface area contributed by atoms with Crippen LogP contribution < -0.4 is 5.32 Å². The normalized spacial score (nSPS) is 32.8. The van der Waals surface area contributed by atoms with Gasteiger partial charge in [0.05, 0.1) is 6.07 Å². The quantitative estimate of drug-likeness (QED) is 0.809. The van der Waals surface area contributed by atoms with Crippen LogP contribution in [0.2, 0.25) is 0 Å². The number of piperidine rings is 1. The molecule has 2 atom stereocenters. The molecule has 100 valence electrons. The van der Waals surface area contributed by atoms with Crippen LogP contribution in [-0.2, 0) is 0 Å². The topological polar surface area (TPSA) is 39.1 Å². The Morgan fingerprint density at radius 1 is 1.28 bits per heavy atom. The molecule has 0 amide bonds. The molecule has 1 N–H and O–H groups in total. The van der Waals surface area contributed by atoms with Gasteiger partial charge in [0.25, 0.3) is 0 Å². The highest BCUT2D eigenvalue weighted by Crippen LogP contribution is 2.42. The van der Waals surface area contributed by atoms with E-state index in [0.717, 1.165) is 12.5 Å². The molecular weight excluding hydrogens is 222 g/mol. The van der Waals surface area contributed by atoms with Gasteiger partial charge in [0.1, 0.15) is 5.54 Å². The second-order valence-electron chi connectivity index (χ2n) is 6.76. The summed E-state index contributed by atoms with van der Waals surface area (Å²) in [5.41, 5.74) is -0.238. The maximum atomic E-state index is 9.72. The van der Waals surface area contributed by atoms with Gasteiger partial charge in [-0.1, -0.05) is 6.92 Å². The Morgan fingerprint density at radius 3 is 2.61 bits per heavy atom. The molecule has 3 aliphatic rings. The third-order valence-electron chi connectivity index (χ3n) is 4.73. The lowest BCUT2D eigenvalue weighted by Gasteiger charge is -2.38. The number of hydrogen-bond donors (Lipinski definition) is 1. The van der Waals surface area contributed by atoms with E-state index < -0.39 is 0 Å². The van der Waals surface area contributed by atoms with E-state index in [-0.39, 0.29) is 5.54 Å². The van der Waals surface area contributed by atoms with Gasteiger partial charge in [-0.15, -0.1) is 0 Å². The summed E-state index contributed by atoms with van der Waals surface area (Å²) in [6, 6.07) is 3.29. The smallest absolute Gasteiger partial charge is 0.122 e. The first-order chi connectivity index (χ1) is 8.72. The first kappa shape index (κ1) is 12.4. The third kappa shape index (κ3) is 2.70. The average molecular weight is 247 g/mol. The molecule has 0 aromatic heterocycles. The highest BCUT2D eigenvalue weighted by atomic mass is 15.2. The minimum Gasteiger partial charge on any atom is -0.300 e. The van der Waals surface area contributed by atoms with Crippen molar-refractivity contribution in [1.29, 1.82) is 5.26 Å². The second-order valence-corrected chi connectivity index (χ2v) is 6.76. The van der Waals surface area contributed by atoms with Crippen molar-refractivity contribution in [3.8, 4) is 6.07 Å². The molecule has 1 aliphatic heterocycles. The largest absolute Gasteiger partial charge is 0.300 e. The zero-order chi connectivity index (χ0) is 12.6. The van der Waals surface area contributed by atoms with Crippen LogP contribution in [0.5, 0.6) is 0 Å². The predicted molar refractivity (Wildman–Crippen MR) is 72.1 cm³/mol. The summed E-state index contributed by atoms with van der Waals surface area (Å²) in [6.07, 6.45) is 7.69. The van der Waals surface area contributed by atoms with Crippen LogP contribution in [-0.4, -0.2) is 36.1 Å². The monoisotopic (exact) mass is 247 g/mol. The minimum atomic E-state index is -0.238. The first-order valence-corrected chi connectivity index (χ1v) is 7.63. The molecule has 3 heteroatoms. The van der Waals surface area contributed by atoms with Crippen LogP contribution in [0.4, 0.5) is 0 Å². The van der Waals surface area contributed by atoms with E-state index in [9.17, 15) is 5.26 Å². The Labute approximate surface area is 111 Å². The van der Waals surface area contributed by atoms with Gasteiger partial charge < -0.3 is 4.90 Å². The Kier molecular flexibility index (Phi) is 3.34. The Morgan fingerprint density at radius 2 is 2.06 bits per heavy atom. The maximum Gasteiger partial charge on any atom is 0.122 e. The van der Waals surface area contributed by atoms with Gasteiger partial charge in [0.2, 0.25) is 0 Å². The summed E-state index contributed by atoms with van der Waals surface area (Å²) in [6.45, 7) is 5.66. The van der Waals surface area contributed by atoms with Crippen molar-refractivity contribution >= 4 is 0 Å². The molecule has 2 saturated carbocycles. The molecule has 3 fully saturated rings. The molecule has 2 aliphatic carbocycles. The second kappa shape index (κ2) is 4.83. The Hall–Kier alpha value is -0.590. The molecular formula is C15H25N3. The molecule has 0 spiro atoms. The van der Waals surface area contributed by atoms with Crippen molar-refractivity contribution in [2.75, 3.05) is 19.6 Å². The zero-order valence-electron chi connectivity index (χ0n) is 11.5. The van der Waals surface area contributed by atoms with Crippen molar-refractivity contribution in [2.24, 2.45) is 11.8 Å². The fourth-order valence-electron chi connectivity index (χ4n) is 3.40. The van der Waals surface area contributed by atoms with Crippen LogP contribution >= 0.6 is 0 Å². The fourth-order valence-corrected chi connectivity index (χ4v) is 3.40. The van der Waals surface area contributed by atoms with Crippen molar-refractivity contribution in [3.05, 3.63) is 0 Å². The van der Waals surface area contributed by atoms with E-state index in [1.807, 2.05) is 0 Å². The average Bonchev–Trinajstić information content (AvgIpc) is 3.21. The zero-order valence-corrected chi connectivity index (χ0v) is 11.5. The fraction of sp³-hybridized carbons (Fsp3) is 0.933. The number of nitrogens with zero attached hydrogens (tertiary/aromatic N) is 2. The van der Waals surface area contributed by atoms with Crippen LogP contribution in [0.3, 0.4) is 0 Å². The van der Waals surface area contributed by atoms with Crippen molar-refractivity contribution in [2.45, 2.75) is 57.0 Å². The minimum absolute atomic E-state index is 0.238. The molecule has 0 aromatic rings. The standard InChI is InChI=1S/C15H25N3/c1-12-3-2-8-18(9-12)11-15(10-16,13-4-5-13)17-14-6-7-14/h12-14,17H,2-9,11H2,1H3. The van der Waals surface area contributed by atoms with Gasteiger partial charge in [0, 0.05) is 19.1 Å². The molecule has 18 heavy (non-hydrogen) atoms. The summed E-state index contributed by atoms with van der Waals surface area (Å²) >= 11 is 0. The van der Waals surface area contributed by atoms with E-state index in [2.05, 4.69) is 23.2 Å². The lowest BCUT2D eigenvalue weighted by Crippen LogP contribution is -2.56. The van der Waals surface area contributed by atoms with E-state index in [1.165, 1.54) is 51.6 Å². The number of rotatable bonds is 5. The van der Waals surface area contributed by atoms with Gasteiger partial charge >= 0.3 is 0 Å². The molecule has 0 bridgehead atoms. The lowest BCUT2D eigenvalue weighted by molar-refractivity contribution is 0.139. The van der Waals surface area contributed by atoms with E-state index in [0.29, 0.717) is 12.0 Å². The van der Waals surface area contributed by atoms with Crippen molar-refractivity contribution in [3.63, 3.8) is 0 Å². The molecule has 0 aromatic carbocycles. The summed E-state index contributed by atoms with van der Waals surface area (Å²) in [7, 11) is 0. The Balaban J connectivity index is 1.66. The SMILES string of the molecule is CC1CCCN(CC(C#N)(NC2CC2)C2CC2)C1. The maximum absolute atomic E-state index is 9.72. The van der Waals surface area contributed by atoms with E-state index in [4.69, 9.17) is 0 Å². The third-order valence-corrected chi connectivity index (χ3v) is 4.73. The predicted octanol–water partition coefficient (Wildman–Crippen LogP) is 2.14. The van der Waals surface area contributed by atoms with Gasteiger partial charge in [0.15, 0.2) is 0 Å². The summed E-state index contributed by atoms with van der Waals surface area (Å²) in [5.74, 6) is 1.41. The van der Waals surface area contributed by atoms with Crippen molar-refractivity contribution in [1.82, 2.24) is 10.2 Å². The van der Waals surface area contributed by atoms with Gasteiger partial charge in [-0.2, -0.15) is 5.26 Å². The van der Waals surface area contributed by atoms with Crippen LogP contribution in [0, 0.1) is 23.2 Å². The summed E-state index contributed by atoms with van der Waals surface area (Å²) in [4.78, 5) is 2.53. The van der Waals surface area contributed by atoms with Gasteiger partial charge in [-0.05, 0) is 56.9 Å². The van der Waals surface area contributed by atoms with E-state index >= 15 is 0 Å². The van der Waals surface area contributed by atoms with E-state index in [1.54, 1.807) is 0 Å². The van der Waals surface area contributed by atoms with Crippen LogP contribution in [0.15, 0.2) is 0 Å². The van der Waals surface area contributed by atoms with Gasteiger partial charge in [-0.3, -0.25) is 5.32 Å². The summed E-state index contributed by atoms with van der Waals surface area (Å²) in [5, 5.41) is 13.4. The molecule has 3 nitrogen and oxygen atoms in total. The van der Waals surface area contributed by atoms with Crippen LogP contribution in [0.25, 0.3) is 0 Å². The van der Waals surface area contributed by atoms with Crippen LogP contribution in [0.1, 0.15) is 45.4 Å². The molecule has 2 unspecified atom stereocenters. The summed E-state index contributed by atoms with van der Waals surface area (Å²) < 4.78 is 0. The molecule has 3 rings (SSSR count). The van der Waals surface area contributed by atoms with Gasteiger partial charge in [-0.25, -0.2) is 0 Å². The number of likely N-dealkylation sites (tertiary alicyclic amines) is 1. The first-order valence-electron chi connectivity index (χ1n) is 7.63. The lowest BCUT2D eigenvalue weighted by atomic mass is 9.91. The number of nitrogens with one attached hydrogen (secondary N) is 1. The molecule has 1 heterocycles.